The average molecular weight is 338 g/mol. The molecule has 8 heteroatoms. The number of nitro groups is 1. The molecule has 2 aromatic rings. The minimum absolute atomic E-state index is 0.0924. The van der Waals surface area contributed by atoms with Crippen molar-refractivity contribution < 1.29 is 4.92 Å². The molecule has 0 saturated carbocycles. The predicted octanol–water partition coefficient (Wildman–Crippen LogP) is 3.09. The highest BCUT2D eigenvalue weighted by atomic mass is 79.9. The van der Waals surface area contributed by atoms with E-state index in [1.807, 2.05) is 25.1 Å². The monoisotopic (exact) mass is 337 g/mol. The van der Waals surface area contributed by atoms with Gasteiger partial charge in [0.05, 0.1) is 17.1 Å². The second-order valence-corrected chi connectivity index (χ2v) is 5.00. The van der Waals surface area contributed by atoms with Crippen LogP contribution in [0.5, 0.6) is 0 Å². The average Bonchev–Trinajstić information content (AvgIpc) is 2.41. The molecular formula is C12H12BrN5O2. The van der Waals surface area contributed by atoms with Gasteiger partial charge in [-0.3, -0.25) is 10.1 Å². The Balaban J connectivity index is 2.37. The summed E-state index contributed by atoms with van der Waals surface area (Å²) in [6.07, 6.45) is 0. The number of hydrogen-bond donors (Lipinski definition) is 3. The number of rotatable bonds is 4. The second-order valence-electron chi connectivity index (χ2n) is 4.08. The van der Waals surface area contributed by atoms with Crippen LogP contribution in [0.4, 0.5) is 23.0 Å². The van der Waals surface area contributed by atoms with E-state index >= 15 is 0 Å². The molecule has 0 spiro atoms. The third-order valence-electron chi connectivity index (χ3n) is 2.62. The fraction of sp³-hybridized carbons (Fsp3) is 0.0833. The third-order valence-corrected chi connectivity index (χ3v) is 3.11. The SMILES string of the molecule is Cc1cc(Br)ccc1Nc1cc([N+](=O)[O-])cc(NN)n1. The molecule has 0 aliphatic rings. The molecule has 1 heterocycles. The van der Waals surface area contributed by atoms with E-state index in [9.17, 15) is 10.1 Å². The maximum absolute atomic E-state index is 10.9. The Labute approximate surface area is 123 Å². The van der Waals surface area contributed by atoms with E-state index in [1.165, 1.54) is 12.1 Å². The van der Waals surface area contributed by atoms with Gasteiger partial charge in [0.15, 0.2) is 0 Å². The summed E-state index contributed by atoms with van der Waals surface area (Å²) < 4.78 is 0.955. The topological polar surface area (TPSA) is 106 Å². The van der Waals surface area contributed by atoms with Crippen molar-refractivity contribution in [1.29, 1.82) is 0 Å². The zero-order chi connectivity index (χ0) is 14.7. The summed E-state index contributed by atoms with van der Waals surface area (Å²) in [5.41, 5.74) is 4.01. The van der Waals surface area contributed by atoms with Crippen molar-refractivity contribution >= 4 is 38.9 Å². The Morgan fingerprint density at radius 2 is 2.00 bits per heavy atom. The number of nitrogens with zero attached hydrogens (tertiary/aromatic N) is 2. The molecule has 4 N–H and O–H groups in total. The van der Waals surface area contributed by atoms with Crippen molar-refractivity contribution in [3.05, 3.63) is 50.5 Å². The quantitative estimate of drug-likeness (QED) is 0.449. The lowest BCUT2D eigenvalue weighted by Crippen LogP contribution is -2.10. The van der Waals surface area contributed by atoms with Gasteiger partial charge in [0.2, 0.25) is 0 Å². The molecule has 0 radical (unpaired) electrons. The van der Waals surface area contributed by atoms with Gasteiger partial charge in [-0.1, -0.05) is 15.9 Å². The molecular weight excluding hydrogens is 326 g/mol. The summed E-state index contributed by atoms with van der Waals surface area (Å²) in [7, 11) is 0. The van der Waals surface area contributed by atoms with E-state index in [1.54, 1.807) is 0 Å². The Bertz CT molecular complexity index is 662. The van der Waals surface area contributed by atoms with Gasteiger partial charge in [-0.15, -0.1) is 0 Å². The number of hydrogen-bond acceptors (Lipinski definition) is 6. The van der Waals surface area contributed by atoms with Crippen molar-refractivity contribution in [1.82, 2.24) is 4.98 Å². The largest absolute Gasteiger partial charge is 0.340 e. The van der Waals surface area contributed by atoms with Crippen LogP contribution in [0.3, 0.4) is 0 Å². The Morgan fingerprint density at radius 1 is 1.30 bits per heavy atom. The van der Waals surface area contributed by atoms with Crippen LogP contribution in [-0.2, 0) is 0 Å². The van der Waals surface area contributed by atoms with E-state index in [4.69, 9.17) is 5.84 Å². The first-order chi connectivity index (χ1) is 9.49. The standard InChI is InChI=1S/C12H12BrN5O2/c1-7-4-8(13)2-3-10(7)15-11-5-9(18(19)20)6-12(16-11)17-14/h2-6H,14H2,1H3,(H2,15,16,17). The number of nitrogens with one attached hydrogen (secondary N) is 2. The van der Waals surface area contributed by atoms with Crippen molar-refractivity contribution in [2.75, 3.05) is 10.7 Å². The van der Waals surface area contributed by atoms with Crippen LogP contribution in [0.15, 0.2) is 34.8 Å². The van der Waals surface area contributed by atoms with E-state index in [-0.39, 0.29) is 11.5 Å². The van der Waals surface area contributed by atoms with Crippen LogP contribution in [0.2, 0.25) is 0 Å². The van der Waals surface area contributed by atoms with Crippen molar-refractivity contribution in [2.45, 2.75) is 6.92 Å². The lowest BCUT2D eigenvalue weighted by molar-refractivity contribution is -0.384. The van der Waals surface area contributed by atoms with Gasteiger partial charge in [0, 0.05) is 10.2 Å². The minimum Gasteiger partial charge on any atom is -0.340 e. The van der Waals surface area contributed by atoms with Crippen LogP contribution < -0.4 is 16.6 Å². The van der Waals surface area contributed by atoms with Crippen LogP contribution in [-0.4, -0.2) is 9.91 Å². The normalized spacial score (nSPS) is 10.2. The summed E-state index contributed by atoms with van der Waals surface area (Å²) in [5.74, 6) is 5.83. The van der Waals surface area contributed by atoms with E-state index in [0.29, 0.717) is 5.82 Å². The maximum atomic E-state index is 10.9. The number of nitrogens with two attached hydrogens (primary N) is 1. The first-order valence-electron chi connectivity index (χ1n) is 5.66. The molecule has 0 bridgehead atoms. The van der Waals surface area contributed by atoms with Gasteiger partial charge in [-0.2, -0.15) is 0 Å². The van der Waals surface area contributed by atoms with E-state index in [2.05, 4.69) is 31.7 Å². The smallest absolute Gasteiger partial charge is 0.276 e. The van der Waals surface area contributed by atoms with Gasteiger partial charge in [-0.25, -0.2) is 10.8 Å². The molecule has 1 aromatic carbocycles. The first kappa shape index (κ1) is 14.2. The number of aryl methyl sites for hydroxylation is 1. The molecule has 0 aliphatic heterocycles. The number of anilines is 3. The highest BCUT2D eigenvalue weighted by Crippen LogP contribution is 2.26. The van der Waals surface area contributed by atoms with Gasteiger partial charge < -0.3 is 10.7 Å². The summed E-state index contributed by atoms with van der Waals surface area (Å²) in [5, 5.41) is 13.9. The predicted molar refractivity (Wildman–Crippen MR) is 80.9 cm³/mol. The molecule has 104 valence electrons. The summed E-state index contributed by atoms with van der Waals surface area (Å²) in [6.45, 7) is 1.92. The zero-order valence-corrected chi connectivity index (χ0v) is 12.1. The van der Waals surface area contributed by atoms with Gasteiger partial charge in [0.25, 0.3) is 5.69 Å². The first-order valence-corrected chi connectivity index (χ1v) is 6.45. The summed E-state index contributed by atoms with van der Waals surface area (Å²) in [4.78, 5) is 14.5. The molecule has 1 aromatic heterocycles. The van der Waals surface area contributed by atoms with Crippen molar-refractivity contribution in [3.63, 3.8) is 0 Å². The molecule has 0 amide bonds. The van der Waals surface area contributed by atoms with E-state index < -0.39 is 4.92 Å². The second kappa shape index (κ2) is 5.85. The highest BCUT2D eigenvalue weighted by Gasteiger charge is 2.11. The zero-order valence-electron chi connectivity index (χ0n) is 10.6. The molecule has 0 unspecified atom stereocenters. The molecule has 0 saturated heterocycles. The lowest BCUT2D eigenvalue weighted by atomic mass is 10.2. The number of nitrogen functional groups attached to an aromatic ring is 1. The fourth-order valence-corrected chi connectivity index (χ4v) is 2.14. The molecule has 0 fully saturated rings. The lowest BCUT2D eigenvalue weighted by Gasteiger charge is -2.10. The summed E-state index contributed by atoms with van der Waals surface area (Å²) >= 11 is 3.38. The molecule has 20 heavy (non-hydrogen) atoms. The van der Waals surface area contributed by atoms with Crippen molar-refractivity contribution in [3.8, 4) is 0 Å². The van der Waals surface area contributed by atoms with Crippen LogP contribution >= 0.6 is 15.9 Å². The van der Waals surface area contributed by atoms with Crippen LogP contribution in [0.25, 0.3) is 0 Å². The fourth-order valence-electron chi connectivity index (χ4n) is 1.66. The van der Waals surface area contributed by atoms with Gasteiger partial charge >= 0.3 is 0 Å². The molecule has 7 nitrogen and oxygen atoms in total. The van der Waals surface area contributed by atoms with E-state index in [0.717, 1.165) is 15.7 Å². The summed E-state index contributed by atoms with van der Waals surface area (Å²) in [6, 6.07) is 8.27. The molecule has 2 rings (SSSR count). The highest BCUT2D eigenvalue weighted by molar-refractivity contribution is 9.10. The van der Waals surface area contributed by atoms with Crippen LogP contribution in [0.1, 0.15) is 5.56 Å². The number of hydrazine groups is 1. The Kier molecular flexibility index (Phi) is 4.16. The van der Waals surface area contributed by atoms with Crippen molar-refractivity contribution in [2.24, 2.45) is 5.84 Å². The Morgan fingerprint density at radius 3 is 2.60 bits per heavy atom. The molecule has 0 atom stereocenters. The van der Waals surface area contributed by atoms with Gasteiger partial charge in [0.1, 0.15) is 11.6 Å². The number of aromatic nitrogens is 1. The number of benzene rings is 1. The molecule has 0 aliphatic carbocycles. The minimum atomic E-state index is -0.498. The van der Waals surface area contributed by atoms with Crippen LogP contribution in [0, 0.1) is 17.0 Å². The number of halogens is 1. The number of pyridine rings is 1. The maximum Gasteiger partial charge on any atom is 0.276 e. The Hall–Kier alpha value is -2.19. The van der Waals surface area contributed by atoms with Gasteiger partial charge in [-0.05, 0) is 30.7 Å². The third kappa shape index (κ3) is 3.22.